The van der Waals surface area contributed by atoms with Crippen LogP contribution in [-0.4, -0.2) is 25.0 Å². The molecule has 0 fully saturated rings. The van der Waals surface area contributed by atoms with Gasteiger partial charge in [0.05, 0.1) is 0 Å². The maximum Gasteiger partial charge on any atom is 0.471 e. The largest absolute Gasteiger partial charge is 0.471 e. The summed E-state index contributed by atoms with van der Waals surface area (Å²) in [5.74, 6) is 0. The van der Waals surface area contributed by atoms with E-state index in [0.717, 1.165) is 19.3 Å². The van der Waals surface area contributed by atoms with Gasteiger partial charge in [-0.15, -0.1) is 0 Å². The van der Waals surface area contributed by atoms with Crippen molar-refractivity contribution in [3.63, 3.8) is 0 Å². The fourth-order valence-electron chi connectivity index (χ4n) is 2.14. The molecule has 0 aliphatic rings. The molecule has 134 valence electrons. The van der Waals surface area contributed by atoms with Crippen LogP contribution in [0.15, 0.2) is 0 Å². The van der Waals surface area contributed by atoms with Gasteiger partial charge in [0.15, 0.2) is 0 Å². The molecule has 0 amide bonds. The first-order valence-corrected chi connectivity index (χ1v) is 10.8. The van der Waals surface area contributed by atoms with E-state index >= 15 is 0 Å². The third-order valence-electron chi connectivity index (χ3n) is 3.41. The fraction of sp³-hybridized carbons (Fsp3) is 1.00. The molecule has 8 nitrogen and oxygen atoms in total. The van der Waals surface area contributed by atoms with E-state index in [-0.39, 0.29) is 6.42 Å². The van der Waals surface area contributed by atoms with Gasteiger partial charge in [0.1, 0.15) is 0 Å². The summed E-state index contributed by atoms with van der Waals surface area (Å²) in [6.07, 6.45) is 8.56. The van der Waals surface area contributed by atoms with E-state index in [1.165, 1.54) is 25.7 Å². The molecule has 0 saturated heterocycles. The molecule has 0 aliphatic carbocycles. The number of unbranched alkanes of at least 4 members (excludes halogenated alkanes) is 8. The van der Waals surface area contributed by atoms with Gasteiger partial charge in [0, 0.05) is 6.42 Å². The number of rotatable bonds is 13. The first-order chi connectivity index (χ1) is 10.0. The van der Waals surface area contributed by atoms with Crippen molar-refractivity contribution >= 4 is 15.4 Å². The number of phosphoric acid groups is 1. The third-order valence-corrected chi connectivity index (χ3v) is 5.42. The van der Waals surface area contributed by atoms with Crippen LogP contribution in [-0.2, 0) is 13.7 Å². The Kier molecular flexibility index (Phi) is 10.3. The van der Waals surface area contributed by atoms with Gasteiger partial charge in [-0.3, -0.25) is 14.8 Å². The lowest BCUT2D eigenvalue weighted by atomic mass is 10.1. The molecule has 0 bridgehead atoms. The predicted octanol–water partition coefficient (Wildman–Crippen LogP) is 2.81. The lowest BCUT2D eigenvalue weighted by molar-refractivity contribution is 0.0704. The molecule has 1 atom stereocenters. The van der Waals surface area contributed by atoms with Crippen LogP contribution >= 0.6 is 15.4 Å². The highest BCUT2D eigenvalue weighted by molar-refractivity contribution is 7.54. The Hall–Kier alpha value is 0.220. The molecule has 0 spiro atoms. The van der Waals surface area contributed by atoms with Crippen molar-refractivity contribution in [1.82, 2.24) is 0 Å². The van der Waals surface area contributed by atoms with E-state index in [0.29, 0.717) is 12.8 Å². The lowest BCUT2D eigenvalue weighted by Crippen LogP contribution is -2.41. The summed E-state index contributed by atoms with van der Waals surface area (Å²) in [6.45, 7) is 2.15. The standard InChI is InChI=1S/C12H29NO7P2/c1-2-3-4-5-6-7-8-9-10-11-12(13,21(14,15)16)20-22(17,18)19/h2-11,13H2,1H3,(H2,14,15,16)(H2,17,18,19). The average molecular weight is 361 g/mol. The maximum absolute atomic E-state index is 11.3. The molecule has 0 rings (SSSR count). The zero-order chi connectivity index (χ0) is 17.3. The Balaban J connectivity index is 4.07. The van der Waals surface area contributed by atoms with E-state index in [1.54, 1.807) is 0 Å². The molecular weight excluding hydrogens is 332 g/mol. The second-order valence-electron chi connectivity index (χ2n) is 5.55. The maximum atomic E-state index is 11.3. The number of hydrogen-bond donors (Lipinski definition) is 5. The summed E-state index contributed by atoms with van der Waals surface area (Å²) < 4.78 is 26.2. The van der Waals surface area contributed by atoms with Crippen molar-refractivity contribution in [3.8, 4) is 0 Å². The van der Waals surface area contributed by atoms with Crippen LogP contribution in [0.4, 0.5) is 0 Å². The summed E-state index contributed by atoms with van der Waals surface area (Å²) in [5.41, 5.74) is 2.75. The highest BCUT2D eigenvalue weighted by Crippen LogP contribution is 2.57. The lowest BCUT2D eigenvalue weighted by Gasteiger charge is -2.29. The van der Waals surface area contributed by atoms with Gasteiger partial charge in [-0.1, -0.05) is 58.3 Å². The average Bonchev–Trinajstić information content (AvgIpc) is 2.33. The van der Waals surface area contributed by atoms with Gasteiger partial charge in [-0.2, -0.15) is 0 Å². The predicted molar refractivity (Wildman–Crippen MR) is 83.9 cm³/mol. The topological polar surface area (TPSA) is 150 Å². The van der Waals surface area contributed by atoms with Crippen LogP contribution in [0.25, 0.3) is 0 Å². The number of nitrogens with two attached hydrogens (primary N) is 1. The molecule has 0 aromatic rings. The monoisotopic (exact) mass is 361 g/mol. The van der Waals surface area contributed by atoms with Crippen molar-refractivity contribution in [2.45, 2.75) is 76.6 Å². The minimum Gasteiger partial charge on any atom is -0.321 e. The third kappa shape index (κ3) is 10.1. The van der Waals surface area contributed by atoms with E-state index < -0.39 is 20.9 Å². The van der Waals surface area contributed by atoms with Gasteiger partial charge in [-0.05, 0) is 6.42 Å². The van der Waals surface area contributed by atoms with Crippen molar-refractivity contribution < 1.29 is 33.2 Å². The quantitative estimate of drug-likeness (QED) is 0.191. The summed E-state index contributed by atoms with van der Waals surface area (Å²) in [5, 5.41) is 0. The summed E-state index contributed by atoms with van der Waals surface area (Å²) in [4.78, 5) is 35.7. The Labute approximate surface area is 131 Å². The fourth-order valence-corrected chi connectivity index (χ4v) is 3.84. The number of hydrogen-bond acceptors (Lipinski definition) is 4. The van der Waals surface area contributed by atoms with Crippen molar-refractivity contribution in [2.75, 3.05) is 0 Å². The van der Waals surface area contributed by atoms with Gasteiger partial charge < -0.3 is 19.6 Å². The molecule has 6 N–H and O–H groups in total. The normalized spacial score (nSPS) is 15.7. The summed E-state index contributed by atoms with van der Waals surface area (Å²) >= 11 is 0. The van der Waals surface area contributed by atoms with E-state index in [2.05, 4.69) is 11.4 Å². The molecule has 0 aromatic heterocycles. The number of phosphoric ester groups is 1. The second kappa shape index (κ2) is 10.2. The molecule has 22 heavy (non-hydrogen) atoms. The minimum absolute atomic E-state index is 0.307. The Morgan fingerprint density at radius 2 is 1.27 bits per heavy atom. The first kappa shape index (κ1) is 22.2. The van der Waals surface area contributed by atoms with E-state index in [1.807, 2.05) is 0 Å². The molecule has 0 saturated carbocycles. The molecule has 1 unspecified atom stereocenters. The van der Waals surface area contributed by atoms with Crippen LogP contribution in [0.3, 0.4) is 0 Å². The molecular formula is C12H29NO7P2. The van der Waals surface area contributed by atoms with E-state index in [4.69, 9.17) is 25.3 Å². The van der Waals surface area contributed by atoms with Crippen molar-refractivity contribution in [2.24, 2.45) is 5.73 Å². The van der Waals surface area contributed by atoms with Crippen LogP contribution in [0.1, 0.15) is 71.1 Å². The van der Waals surface area contributed by atoms with Gasteiger partial charge in [-0.25, -0.2) is 4.57 Å². The first-order valence-electron chi connectivity index (χ1n) is 7.62. The van der Waals surface area contributed by atoms with Crippen LogP contribution in [0.5, 0.6) is 0 Å². The Morgan fingerprint density at radius 1 is 0.864 bits per heavy atom. The molecule has 10 heteroatoms. The van der Waals surface area contributed by atoms with Crippen LogP contribution < -0.4 is 5.73 Å². The molecule has 0 radical (unpaired) electrons. The van der Waals surface area contributed by atoms with E-state index in [9.17, 15) is 9.13 Å². The smallest absolute Gasteiger partial charge is 0.321 e. The Bertz CT molecular complexity index is 395. The van der Waals surface area contributed by atoms with Gasteiger partial charge in [0.25, 0.3) is 0 Å². The molecule has 0 aromatic carbocycles. The summed E-state index contributed by atoms with van der Waals surface area (Å²) in [7, 11) is -10.1. The van der Waals surface area contributed by atoms with Crippen molar-refractivity contribution in [3.05, 3.63) is 0 Å². The van der Waals surface area contributed by atoms with Gasteiger partial charge in [0.2, 0.25) is 5.47 Å². The second-order valence-corrected chi connectivity index (χ2v) is 8.56. The zero-order valence-electron chi connectivity index (χ0n) is 13.1. The molecule has 0 aliphatic heterocycles. The highest BCUT2D eigenvalue weighted by Gasteiger charge is 2.48. The van der Waals surface area contributed by atoms with Crippen molar-refractivity contribution in [1.29, 1.82) is 0 Å². The van der Waals surface area contributed by atoms with Crippen LogP contribution in [0.2, 0.25) is 0 Å². The van der Waals surface area contributed by atoms with Crippen LogP contribution in [0, 0.1) is 0 Å². The Morgan fingerprint density at radius 3 is 1.64 bits per heavy atom. The minimum atomic E-state index is -5.08. The van der Waals surface area contributed by atoms with Gasteiger partial charge >= 0.3 is 15.4 Å². The zero-order valence-corrected chi connectivity index (χ0v) is 14.8. The highest BCUT2D eigenvalue weighted by atomic mass is 31.2. The SMILES string of the molecule is CCCCCCCCCCCC(N)(OP(=O)(O)O)P(=O)(O)O. The summed E-state index contributed by atoms with van der Waals surface area (Å²) in [6, 6.07) is 0. The molecule has 0 heterocycles.